The van der Waals surface area contributed by atoms with Gasteiger partial charge in [-0.25, -0.2) is 0 Å². The summed E-state index contributed by atoms with van der Waals surface area (Å²) in [6, 6.07) is 16.3. The van der Waals surface area contributed by atoms with Crippen molar-refractivity contribution < 1.29 is 4.79 Å². The van der Waals surface area contributed by atoms with Crippen LogP contribution in [0.5, 0.6) is 0 Å². The van der Waals surface area contributed by atoms with Crippen LogP contribution in [-0.4, -0.2) is 25.8 Å². The highest BCUT2D eigenvalue weighted by Gasteiger charge is 2.20. The van der Waals surface area contributed by atoms with Crippen LogP contribution in [0.3, 0.4) is 0 Å². The van der Waals surface area contributed by atoms with Crippen molar-refractivity contribution in [3.05, 3.63) is 48.5 Å². The number of para-hydroxylation sites is 1. The molecule has 128 valence electrons. The van der Waals surface area contributed by atoms with Gasteiger partial charge in [-0.15, -0.1) is 11.8 Å². The number of amides is 1. The number of rotatable bonds is 7. The number of nitrogens with zero attached hydrogens (tertiary/aromatic N) is 2. The number of hydrogen-bond acceptors (Lipinski definition) is 3. The molecule has 2 aromatic carbocycles. The summed E-state index contributed by atoms with van der Waals surface area (Å²) in [5, 5.41) is 0. The molecule has 0 aliphatic rings. The monoisotopic (exact) mass is 342 g/mol. The fraction of sp³-hybridized carbons (Fsp3) is 0.350. The van der Waals surface area contributed by atoms with Crippen LogP contribution in [0.2, 0.25) is 0 Å². The van der Waals surface area contributed by atoms with E-state index in [4.69, 9.17) is 0 Å². The van der Waals surface area contributed by atoms with E-state index in [9.17, 15) is 4.79 Å². The van der Waals surface area contributed by atoms with Crippen molar-refractivity contribution in [3.63, 3.8) is 0 Å². The molecule has 0 saturated carbocycles. The summed E-state index contributed by atoms with van der Waals surface area (Å²) >= 11 is 1.77. The van der Waals surface area contributed by atoms with Gasteiger partial charge in [-0.1, -0.05) is 26.0 Å². The third kappa shape index (κ3) is 4.32. The van der Waals surface area contributed by atoms with E-state index < -0.39 is 0 Å². The van der Waals surface area contributed by atoms with Crippen LogP contribution in [0, 0.1) is 0 Å². The average Bonchev–Trinajstić information content (AvgIpc) is 2.57. The SMILES string of the molecule is CCCC(=O)N(c1ccc(N(C)C)cc1)c1ccccc1SCC. The highest BCUT2D eigenvalue weighted by Crippen LogP contribution is 2.35. The Morgan fingerprint density at radius 2 is 1.58 bits per heavy atom. The van der Waals surface area contributed by atoms with Crippen LogP contribution >= 0.6 is 11.8 Å². The molecule has 2 aromatic rings. The van der Waals surface area contributed by atoms with Crippen molar-refractivity contribution >= 4 is 34.7 Å². The predicted molar refractivity (Wildman–Crippen MR) is 106 cm³/mol. The molecule has 0 saturated heterocycles. The minimum absolute atomic E-state index is 0.138. The van der Waals surface area contributed by atoms with E-state index in [1.807, 2.05) is 56.3 Å². The number of thioether (sulfide) groups is 1. The van der Waals surface area contributed by atoms with E-state index in [0.29, 0.717) is 6.42 Å². The van der Waals surface area contributed by atoms with Gasteiger partial charge in [0, 0.05) is 36.8 Å². The Morgan fingerprint density at radius 1 is 0.958 bits per heavy atom. The third-order valence-electron chi connectivity index (χ3n) is 3.74. The zero-order valence-corrected chi connectivity index (χ0v) is 15.8. The molecule has 0 fully saturated rings. The fourth-order valence-corrected chi connectivity index (χ4v) is 3.36. The molecule has 0 aromatic heterocycles. The van der Waals surface area contributed by atoms with E-state index >= 15 is 0 Å². The molecule has 0 atom stereocenters. The molecule has 3 nitrogen and oxygen atoms in total. The zero-order valence-electron chi connectivity index (χ0n) is 15.0. The van der Waals surface area contributed by atoms with Crippen LogP contribution in [0.4, 0.5) is 17.1 Å². The maximum absolute atomic E-state index is 12.8. The van der Waals surface area contributed by atoms with Gasteiger partial charge in [0.2, 0.25) is 5.91 Å². The summed E-state index contributed by atoms with van der Waals surface area (Å²) < 4.78 is 0. The van der Waals surface area contributed by atoms with Crippen LogP contribution in [0.1, 0.15) is 26.7 Å². The summed E-state index contributed by atoms with van der Waals surface area (Å²) in [6.45, 7) is 4.17. The summed E-state index contributed by atoms with van der Waals surface area (Å²) in [6.07, 6.45) is 1.38. The summed E-state index contributed by atoms with van der Waals surface area (Å²) in [5.74, 6) is 1.12. The number of carbonyl (C=O) groups is 1. The number of carbonyl (C=O) groups excluding carboxylic acids is 1. The Kier molecular flexibility index (Phi) is 6.73. The van der Waals surface area contributed by atoms with E-state index in [2.05, 4.69) is 30.0 Å². The molecule has 2 rings (SSSR count). The second kappa shape index (κ2) is 8.78. The third-order valence-corrected chi connectivity index (χ3v) is 4.69. The van der Waals surface area contributed by atoms with Gasteiger partial charge in [0.1, 0.15) is 0 Å². The molecule has 24 heavy (non-hydrogen) atoms. The molecule has 0 spiro atoms. The average molecular weight is 343 g/mol. The summed E-state index contributed by atoms with van der Waals surface area (Å²) in [4.78, 5) is 17.9. The van der Waals surface area contributed by atoms with E-state index in [1.54, 1.807) is 11.8 Å². The number of anilines is 3. The second-order valence-corrected chi connectivity index (χ2v) is 7.10. The molecule has 0 bridgehead atoms. The molecule has 0 radical (unpaired) electrons. The van der Waals surface area contributed by atoms with Gasteiger partial charge in [-0.3, -0.25) is 9.69 Å². The van der Waals surface area contributed by atoms with Gasteiger partial charge in [-0.05, 0) is 48.6 Å². The van der Waals surface area contributed by atoms with Gasteiger partial charge >= 0.3 is 0 Å². The lowest BCUT2D eigenvalue weighted by Crippen LogP contribution is -2.26. The Labute approximate surface area is 149 Å². The Hall–Kier alpha value is -1.94. The number of benzene rings is 2. The van der Waals surface area contributed by atoms with Crippen molar-refractivity contribution in [3.8, 4) is 0 Å². The second-order valence-electron chi connectivity index (χ2n) is 5.79. The maximum Gasteiger partial charge on any atom is 0.231 e. The van der Waals surface area contributed by atoms with Crippen LogP contribution < -0.4 is 9.80 Å². The maximum atomic E-state index is 12.8. The minimum Gasteiger partial charge on any atom is -0.378 e. The van der Waals surface area contributed by atoms with Crippen LogP contribution in [0.25, 0.3) is 0 Å². The van der Waals surface area contributed by atoms with E-state index in [-0.39, 0.29) is 5.91 Å². The van der Waals surface area contributed by atoms with E-state index in [1.165, 1.54) is 0 Å². The molecular formula is C20H26N2OS. The molecule has 4 heteroatoms. The smallest absolute Gasteiger partial charge is 0.231 e. The van der Waals surface area contributed by atoms with Crippen molar-refractivity contribution in [1.82, 2.24) is 0 Å². The van der Waals surface area contributed by atoms with Gasteiger partial charge in [0.05, 0.1) is 5.69 Å². The van der Waals surface area contributed by atoms with Gasteiger partial charge in [-0.2, -0.15) is 0 Å². The standard InChI is InChI=1S/C20H26N2OS/c1-5-9-20(23)22(17-14-12-16(13-15-17)21(3)4)18-10-7-8-11-19(18)24-6-2/h7-8,10-15H,5-6,9H2,1-4H3. The lowest BCUT2D eigenvalue weighted by Gasteiger charge is -2.26. The number of hydrogen-bond donors (Lipinski definition) is 0. The highest BCUT2D eigenvalue weighted by molar-refractivity contribution is 7.99. The fourth-order valence-electron chi connectivity index (χ4n) is 2.56. The molecular weight excluding hydrogens is 316 g/mol. The van der Waals surface area contributed by atoms with Crippen LogP contribution in [-0.2, 0) is 4.79 Å². The Bertz CT molecular complexity index is 668. The highest BCUT2D eigenvalue weighted by atomic mass is 32.2. The van der Waals surface area contributed by atoms with Crippen molar-refractivity contribution in [2.24, 2.45) is 0 Å². The topological polar surface area (TPSA) is 23.6 Å². The van der Waals surface area contributed by atoms with E-state index in [0.717, 1.165) is 34.1 Å². The first-order valence-electron chi connectivity index (χ1n) is 8.40. The van der Waals surface area contributed by atoms with Gasteiger partial charge in [0.25, 0.3) is 0 Å². The largest absolute Gasteiger partial charge is 0.378 e. The van der Waals surface area contributed by atoms with Crippen molar-refractivity contribution in [2.45, 2.75) is 31.6 Å². The van der Waals surface area contributed by atoms with Crippen molar-refractivity contribution in [1.29, 1.82) is 0 Å². The summed E-state index contributed by atoms with van der Waals surface area (Å²) in [7, 11) is 4.03. The molecule has 0 aliphatic carbocycles. The van der Waals surface area contributed by atoms with Crippen molar-refractivity contribution in [2.75, 3.05) is 29.6 Å². The lowest BCUT2D eigenvalue weighted by molar-refractivity contribution is -0.117. The quantitative estimate of drug-likeness (QED) is 0.635. The lowest BCUT2D eigenvalue weighted by atomic mass is 10.2. The zero-order chi connectivity index (χ0) is 17.5. The molecule has 0 N–H and O–H groups in total. The Balaban J connectivity index is 2.47. The normalized spacial score (nSPS) is 10.5. The first kappa shape index (κ1) is 18.4. The molecule has 0 unspecified atom stereocenters. The minimum atomic E-state index is 0.138. The Morgan fingerprint density at radius 3 is 2.17 bits per heavy atom. The van der Waals surface area contributed by atoms with Gasteiger partial charge < -0.3 is 4.90 Å². The van der Waals surface area contributed by atoms with Gasteiger partial charge in [0.15, 0.2) is 0 Å². The molecule has 1 amide bonds. The first-order valence-corrected chi connectivity index (χ1v) is 9.39. The molecule has 0 heterocycles. The van der Waals surface area contributed by atoms with Crippen LogP contribution in [0.15, 0.2) is 53.4 Å². The summed E-state index contributed by atoms with van der Waals surface area (Å²) in [5.41, 5.74) is 3.02. The molecule has 0 aliphatic heterocycles. The first-order chi connectivity index (χ1) is 11.6. The predicted octanol–water partition coefficient (Wildman–Crippen LogP) is 5.33.